The Morgan fingerprint density at radius 3 is 2.11 bits per heavy atom. The van der Waals surface area contributed by atoms with Gasteiger partial charge in [0.05, 0.1) is 0 Å². The van der Waals surface area contributed by atoms with Crippen molar-refractivity contribution in [1.82, 2.24) is 0 Å². The van der Waals surface area contributed by atoms with Gasteiger partial charge in [-0.25, -0.2) is 0 Å². The highest BCUT2D eigenvalue weighted by atomic mass is 14.1. The zero-order valence-corrected chi connectivity index (χ0v) is 12.3. The minimum absolute atomic E-state index is 0.934. The maximum atomic E-state index is 4.08. The monoisotopic (exact) mass is 245 g/mol. The molecule has 0 unspecified atom stereocenters. The van der Waals surface area contributed by atoms with Crippen molar-refractivity contribution in [3.8, 4) is 0 Å². The van der Waals surface area contributed by atoms with Crippen molar-refractivity contribution in [2.45, 2.75) is 71.6 Å². The largest absolute Gasteiger partial charge is 0.0654 e. The molecule has 0 aromatic heterocycles. The van der Waals surface area contributed by atoms with Gasteiger partial charge in [-0.15, -0.1) is 0 Å². The normalized spacial score (nSPS) is 10.8. The van der Waals surface area contributed by atoms with Crippen LogP contribution in [0.2, 0.25) is 0 Å². The van der Waals surface area contributed by atoms with Crippen LogP contribution in [0.1, 0.15) is 69.1 Å². The Labute approximate surface area is 114 Å². The van der Waals surface area contributed by atoms with Crippen molar-refractivity contribution in [3.63, 3.8) is 0 Å². The molecule has 0 saturated heterocycles. The average Bonchev–Trinajstić information content (AvgIpc) is 2.40. The third-order valence-electron chi connectivity index (χ3n) is 3.66. The van der Waals surface area contributed by atoms with Gasteiger partial charge in [0.2, 0.25) is 0 Å². The van der Waals surface area contributed by atoms with Crippen LogP contribution >= 0.6 is 0 Å². The van der Waals surface area contributed by atoms with Crippen LogP contribution in [0, 0.1) is 6.92 Å². The SMILES string of the molecule is [CH2]Cc1cc(CCCCC)ccc1CCCCC. The van der Waals surface area contributed by atoms with Crippen molar-refractivity contribution in [2.24, 2.45) is 0 Å². The van der Waals surface area contributed by atoms with Gasteiger partial charge in [0, 0.05) is 0 Å². The van der Waals surface area contributed by atoms with Crippen molar-refractivity contribution < 1.29 is 0 Å². The van der Waals surface area contributed by atoms with Gasteiger partial charge in [-0.1, -0.05) is 57.7 Å². The van der Waals surface area contributed by atoms with E-state index >= 15 is 0 Å². The smallest absolute Gasteiger partial charge is 0.0276 e. The molecule has 1 aromatic carbocycles. The summed E-state index contributed by atoms with van der Waals surface area (Å²) in [4.78, 5) is 0. The second kappa shape index (κ2) is 9.19. The van der Waals surface area contributed by atoms with E-state index in [-0.39, 0.29) is 0 Å². The molecule has 0 heterocycles. The first-order valence-electron chi connectivity index (χ1n) is 7.71. The molecule has 1 radical (unpaired) electrons. The zero-order valence-electron chi connectivity index (χ0n) is 12.3. The molecule has 0 amide bonds. The van der Waals surface area contributed by atoms with Gasteiger partial charge in [0.15, 0.2) is 0 Å². The lowest BCUT2D eigenvalue weighted by molar-refractivity contribution is 0.709. The number of benzene rings is 1. The summed E-state index contributed by atoms with van der Waals surface area (Å²) in [6.45, 7) is 8.61. The fourth-order valence-electron chi connectivity index (χ4n) is 2.46. The summed E-state index contributed by atoms with van der Waals surface area (Å²) < 4.78 is 0. The Bertz CT molecular complexity index is 325. The molecular formula is C18H29. The van der Waals surface area contributed by atoms with Gasteiger partial charge in [0.25, 0.3) is 0 Å². The van der Waals surface area contributed by atoms with Crippen LogP contribution in [-0.4, -0.2) is 0 Å². The molecule has 0 heteroatoms. The molecule has 1 aromatic rings. The van der Waals surface area contributed by atoms with Gasteiger partial charge in [-0.05, 0) is 55.7 Å². The van der Waals surface area contributed by atoms with E-state index in [1.165, 1.54) is 68.1 Å². The minimum Gasteiger partial charge on any atom is -0.0654 e. The highest BCUT2D eigenvalue weighted by molar-refractivity contribution is 5.33. The number of aryl methyl sites for hydroxylation is 2. The standard InChI is InChI=1S/C18H29/c1-4-7-9-11-16-13-14-18(12-10-8-5-2)17(6-3)15-16/h13-15H,3-12H2,1-2H3. The first-order chi connectivity index (χ1) is 8.81. The van der Waals surface area contributed by atoms with Crippen LogP contribution < -0.4 is 0 Å². The van der Waals surface area contributed by atoms with E-state index in [4.69, 9.17) is 0 Å². The van der Waals surface area contributed by atoms with Crippen molar-refractivity contribution in [2.75, 3.05) is 0 Å². The molecule has 0 spiro atoms. The molecule has 0 aliphatic heterocycles. The summed E-state index contributed by atoms with van der Waals surface area (Å²) in [5.41, 5.74) is 4.50. The van der Waals surface area contributed by atoms with Crippen molar-refractivity contribution in [3.05, 3.63) is 41.8 Å². The summed E-state index contributed by atoms with van der Waals surface area (Å²) in [7, 11) is 0. The first-order valence-corrected chi connectivity index (χ1v) is 7.71. The fraction of sp³-hybridized carbons (Fsp3) is 0.611. The van der Waals surface area contributed by atoms with Gasteiger partial charge in [0.1, 0.15) is 0 Å². The number of rotatable bonds is 9. The number of hydrogen-bond donors (Lipinski definition) is 0. The maximum Gasteiger partial charge on any atom is -0.0276 e. The molecule has 0 nitrogen and oxygen atoms in total. The van der Waals surface area contributed by atoms with Crippen molar-refractivity contribution in [1.29, 1.82) is 0 Å². The maximum absolute atomic E-state index is 4.08. The molecule has 0 fully saturated rings. The Morgan fingerprint density at radius 2 is 1.50 bits per heavy atom. The van der Waals surface area contributed by atoms with E-state index < -0.39 is 0 Å². The summed E-state index contributed by atoms with van der Waals surface area (Å²) in [6, 6.07) is 7.07. The third-order valence-corrected chi connectivity index (χ3v) is 3.66. The summed E-state index contributed by atoms with van der Waals surface area (Å²) in [5.74, 6) is 0. The second-order valence-electron chi connectivity index (χ2n) is 5.27. The van der Waals surface area contributed by atoms with E-state index in [1.54, 1.807) is 0 Å². The fourth-order valence-corrected chi connectivity index (χ4v) is 2.46. The predicted octanol–water partition coefficient (Wildman–Crippen LogP) is 5.53. The molecule has 0 aliphatic carbocycles. The Kier molecular flexibility index (Phi) is 7.80. The van der Waals surface area contributed by atoms with E-state index in [1.807, 2.05) is 0 Å². The van der Waals surface area contributed by atoms with E-state index in [0.717, 1.165) is 6.42 Å². The highest BCUT2D eigenvalue weighted by Crippen LogP contribution is 2.17. The topological polar surface area (TPSA) is 0 Å². The van der Waals surface area contributed by atoms with Crippen LogP contribution in [0.25, 0.3) is 0 Å². The van der Waals surface area contributed by atoms with Crippen LogP contribution in [0.3, 0.4) is 0 Å². The minimum atomic E-state index is 0.934. The molecule has 0 aliphatic rings. The average molecular weight is 245 g/mol. The molecule has 18 heavy (non-hydrogen) atoms. The number of unbranched alkanes of at least 4 members (excludes halogenated alkanes) is 4. The van der Waals surface area contributed by atoms with Crippen LogP contribution in [0.5, 0.6) is 0 Å². The van der Waals surface area contributed by atoms with Crippen LogP contribution in [0.4, 0.5) is 0 Å². The zero-order chi connectivity index (χ0) is 13.2. The lowest BCUT2D eigenvalue weighted by Gasteiger charge is -2.10. The Balaban J connectivity index is 2.58. The molecule has 0 atom stereocenters. The molecule has 1 rings (SSSR count). The summed E-state index contributed by atoms with van der Waals surface area (Å²) in [6.07, 6.45) is 11.3. The summed E-state index contributed by atoms with van der Waals surface area (Å²) in [5, 5.41) is 0. The molecule has 101 valence electrons. The van der Waals surface area contributed by atoms with E-state index in [2.05, 4.69) is 39.0 Å². The molecule has 0 saturated carbocycles. The van der Waals surface area contributed by atoms with Gasteiger partial charge >= 0.3 is 0 Å². The van der Waals surface area contributed by atoms with Gasteiger partial charge in [-0.2, -0.15) is 0 Å². The number of hydrogen-bond acceptors (Lipinski definition) is 0. The van der Waals surface area contributed by atoms with Gasteiger partial charge < -0.3 is 0 Å². The van der Waals surface area contributed by atoms with Gasteiger partial charge in [-0.3, -0.25) is 0 Å². The van der Waals surface area contributed by atoms with E-state index in [0.29, 0.717) is 0 Å². The lowest BCUT2D eigenvalue weighted by atomic mass is 9.95. The van der Waals surface area contributed by atoms with Crippen LogP contribution in [-0.2, 0) is 19.3 Å². The van der Waals surface area contributed by atoms with Crippen molar-refractivity contribution >= 4 is 0 Å². The second-order valence-corrected chi connectivity index (χ2v) is 5.27. The molecule has 0 N–H and O–H groups in total. The summed E-state index contributed by atoms with van der Waals surface area (Å²) >= 11 is 0. The van der Waals surface area contributed by atoms with E-state index in [9.17, 15) is 0 Å². The Morgan fingerprint density at radius 1 is 0.833 bits per heavy atom. The lowest BCUT2D eigenvalue weighted by Crippen LogP contribution is -1.96. The quantitative estimate of drug-likeness (QED) is 0.502. The first kappa shape index (κ1) is 15.3. The van der Waals surface area contributed by atoms with Crippen LogP contribution in [0.15, 0.2) is 18.2 Å². The highest BCUT2D eigenvalue weighted by Gasteiger charge is 2.02. The molecular weight excluding hydrogens is 216 g/mol. The predicted molar refractivity (Wildman–Crippen MR) is 82.0 cm³/mol. The molecule has 0 bridgehead atoms. The Hall–Kier alpha value is -0.780. The third kappa shape index (κ3) is 5.25.